The largest absolute Gasteiger partial charge is 0.0953 e. The van der Waals surface area contributed by atoms with Crippen LogP contribution in [0.4, 0.5) is 0 Å². The lowest BCUT2D eigenvalue weighted by molar-refractivity contribution is 1.36. The lowest BCUT2D eigenvalue weighted by atomic mass is 10.3. The second-order valence-electron chi connectivity index (χ2n) is 1.41. The van der Waals surface area contributed by atoms with E-state index in [1.165, 1.54) is 0 Å². The quantitative estimate of drug-likeness (QED) is 0.486. The fraction of sp³-hybridized carbons (Fsp3) is 0.250. The average Bonchev–Trinajstić information content (AvgIpc) is 1.81. The molecule has 0 saturated carbocycles. The van der Waals surface area contributed by atoms with Crippen molar-refractivity contribution in [3.63, 3.8) is 0 Å². The Bertz CT molecular complexity index is 96.6. The van der Waals surface area contributed by atoms with Gasteiger partial charge in [0.1, 0.15) is 0 Å². The van der Waals surface area contributed by atoms with Gasteiger partial charge in [0.25, 0.3) is 0 Å². The molecule has 8 heavy (non-hydrogen) atoms. The zero-order valence-corrected chi connectivity index (χ0v) is 5.22. The van der Waals surface area contributed by atoms with Crippen LogP contribution < -0.4 is 0 Å². The van der Waals surface area contributed by atoms with Gasteiger partial charge >= 0.3 is 0 Å². The third-order valence-corrected chi connectivity index (χ3v) is 0.702. The summed E-state index contributed by atoms with van der Waals surface area (Å²) in [5.74, 6) is 0. The number of hydrogen-bond donors (Lipinski definition) is 0. The first-order valence-corrected chi connectivity index (χ1v) is 2.69. The second kappa shape index (κ2) is 6.22. The van der Waals surface area contributed by atoms with Crippen LogP contribution in [0.1, 0.15) is 13.3 Å². The minimum atomic E-state index is 0.838. The Hall–Kier alpha value is -0.780. The van der Waals surface area contributed by atoms with Gasteiger partial charge in [-0.2, -0.15) is 0 Å². The van der Waals surface area contributed by atoms with Crippen molar-refractivity contribution in [1.29, 1.82) is 0 Å². The van der Waals surface area contributed by atoms with Crippen LogP contribution in [0.15, 0.2) is 30.9 Å². The van der Waals surface area contributed by atoms with Gasteiger partial charge in [-0.25, -0.2) is 0 Å². The van der Waals surface area contributed by atoms with E-state index in [0.717, 1.165) is 6.42 Å². The molecule has 0 saturated heterocycles. The van der Waals surface area contributed by atoms with Gasteiger partial charge in [0, 0.05) is 0 Å². The molecule has 0 fully saturated rings. The highest BCUT2D eigenvalue weighted by molar-refractivity contribution is 5.01. The zero-order chi connectivity index (χ0) is 6.24. The number of rotatable bonds is 3. The van der Waals surface area contributed by atoms with Crippen molar-refractivity contribution in [2.45, 2.75) is 13.3 Å². The smallest absolute Gasteiger partial charge is 0.00976 e. The fourth-order valence-electron chi connectivity index (χ4n) is 0.341. The maximum absolute atomic E-state index is 3.46. The van der Waals surface area contributed by atoms with Crippen LogP contribution in [0, 0.1) is 6.08 Å². The van der Waals surface area contributed by atoms with Crippen molar-refractivity contribution in [1.82, 2.24) is 0 Å². The van der Waals surface area contributed by atoms with Crippen LogP contribution >= 0.6 is 0 Å². The van der Waals surface area contributed by atoms with Crippen LogP contribution in [-0.2, 0) is 0 Å². The molecule has 0 atom stereocenters. The molecule has 0 aromatic carbocycles. The summed E-state index contributed by atoms with van der Waals surface area (Å²) in [7, 11) is 0. The van der Waals surface area contributed by atoms with E-state index in [1.807, 2.05) is 31.2 Å². The lowest BCUT2D eigenvalue weighted by Crippen LogP contribution is -1.53. The van der Waals surface area contributed by atoms with Crippen LogP contribution in [0.25, 0.3) is 0 Å². The highest BCUT2D eigenvalue weighted by atomic mass is 13.7. The van der Waals surface area contributed by atoms with Crippen LogP contribution in [0.2, 0.25) is 0 Å². The minimum Gasteiger partial charge on any atom is -0.0953 e. The molecule has 0 aliphatic heterocycles. The Morgan fingerprint density at radius 1 is 1.50 bits per heavy atom. The summed E-state index contributed by atoms with van der Waals surface area (Å²) in [6, 6.07) is 0. The third-order valence-electron chi connectivity index (χ3n) is 0.702. The summed E-state index contributed by atoms with van der Waals surface area (Å²) in [4.78, 5) is 0. The van der Waals surface area contributed by atoms with Crippen molar-refractivity contribution in [3.05, 3.63) is 37.0 Å². The summed E-state index contributed by atoms with van der Waals surface area (Å²) >= 11 is 0. The van der Waals surface area contributed by atoms with Gasteiger partial charge in [-0.15, -0.1) is 0 Å². The van der Waals surface area contributed by atoms with E-state index in [9.17, 15) is 0 Å². The number of hydrogen-bond acceptors (Lipinski definition) is 0. The van der Waals surface area contributed by atoms with E-state index in [-0.39, 0.29) is 0 Å². The summed E-state index contributed by atoms with van der Waals surface area (Å²) in [6.07, 6.45) is 11.6. The molecule has 0 heteroatoms. The molecular weight excluding hydrogens is 96.1 g/mol. The van der Waals surface area contributed by atoms with Gasteiger partial charge < -0.3 is 0 Å². The highest BCUT2D eigenvalue weighted by Crippen LogP contribution is 1.81. The van der Waals surface area contributed by atoms with E-state index >= 15 is 0 Å². The Morgan fingerprint density at radius 2 is 2.25 bits per heavy atom. The molecule has 1 radical (unpaired) electrons. The van der Waals surface area contributed by atoms with Crippen molar-refractivity contribution in [2.75, 3.05) is 0 Å². The van der Waals surface area contributed by atoms with Crippen LogP contribution in [0.3, 0.4) is 0 Å². The molecule has 0 nitrogen and oxygen atoms in total. The number of allylic oxidation sites excluding steroid dienone is 5. The fourth-order valence-corrected chi connectivity index (χ4v) is 0.341. The predicted molar refractivity (Wildman–Crippen MR) is 37.4 cm³/mol. The Morgan fingerprint density at radius 3 is 2.75 bits per heavy atom. The molecule has 0 aliphatic carbocycles. The van der Waals surface area contributed by atoms with E-state index < -0.39 is 0 Å². The zero-order valence-electron chi connectivity index (χ0n) is 5.22. The Kier molecular flexibility index (Phi) is 5.61. The molecule has 0 spiro atoms. The van der Waals surface area contributed by atoms with Crippen molar-refractivity contribution in [3.8, 4) is 0 Å². The molecule has 0 rings (SSSR count). The third kappa shape index (κ3) is 5.22. The predicted octanol–water partition coefficient (Wildman–Crippen LogP) is 2.50. The van der Waals surface area contributed by atoms with Gasteiger partial charge in [0.2, 0.25) is 0 Å². The molecule has 0 N–H and O–H groups in total. The monoisotopic (exact) mass is 107 g/mol. The summed E-state index contributed by atoms with van der Waals surface area (Å²) < 4.78 is 0. The first-order chi connectivity index (χ1) is 3.91. The van der Waals surface area contributed by atoms with Gasteiger partial charge in [0.15, 0.2) is 0 Å². The van der Waals surface area contributed by atoms with Gasteiger partial charge in [-0.05, 0) is 19.4 Å². The van der Waals surface area contributed by atoms with E-state index in [0.29, 0.717) is 0 Å². The van der Waals surface area contributed by atoms with Crippen molar-refractivity contribution >= 4 is 0 Å². The maximum atomic E-state index is 3.46. The molecule has 43 valence electrons. The topological polar surface area (TPSA) is 0 Å². The molecule has 0 unspecified atom stereocenters. The molecule has 0 amide bonds. The lowest BCUT2D eigenvalue weighted by Gasteiger charge is -1.72. The van der Waals surface area contributed by atoms with E-state index in [4.69, 9.17) is 0 Å². The van der Waals surface area contributed by atoms with E-state index in [1.54, 1.807) is 0 Å². The molecule has 0 bridgehead atoms. The van der Waals surface area contributed by atoms with Gasteiger partial charge in [-0.3, -0.25) is 0 Å². The summed E-state index contributed by atoms with van der Waals surface area (Å²) in [5.41, 5.74) is 0. The van der Waals surface area contributed by atoms with Crippen LogP contribution in [0.5, 0.6) is 0 Å². The second-order valence-corrected chi connectivity index (χ2v) is 1.41. The minimum absolute atomic E-state index is 0.838. The SMILES string of the molecule is C=[C]CC=CC=CC. The normalized spacial score (nSPS) is 11.1. The van der Waals surface area contributed by atoms with Gasteiger partial charge in [0.05, 0.1) is 0 Å². The first-order valence-electron chi connectivity index (χ1n) is 2.69. The maximum Gasteiger partial charge on any atom is -0.00976 e. The standard InChI is InChI=1S/C8H11/c1-3-5-7-8-6-4-2/h4,6-8H,1,5H2,2H3. The Labute approximate surface area is 51.2 Å². The first kappa shape index (κ1) is 7.22. The summed E-state index contributed by atoms with van der Waals surface area (Å²) in [6.45, 7) is 5.45. The molecule has 0 aromatic heterocycles. The van der Waals surface area contributed by atoms with E-state index in [2.05, 4.69) is 12.7 Å². The summed E-state index contributed by atoms with van der Waals surface area (Å²) in [5, 5.41) is 0. The molecule has 0 aliphatic rings. The molecular formula is C8H11. The Balaban J connectivity index is 3.19. The van der Waals surface area contributed by atoms with Gasteiger partial charge in [-0.1, -0.05) is 30.9 Å². The molecule has 0 aromatic rings. The molecule has 0 heterocycles. The van der Waals surface area contributed by atoms with Crippen LogP contribution in [-0.4, -0.2) is 0 Å². The highest BCUT2D eigenvalue weighted by Gasteiger charge is 1.62. The van der Waals surface area contributed by atoms with Crippen molar-refractivity contribution in [2.24, 2.45) is 0 Å². The van der Waals surface area contributed by atoms with Crippen molar-refractivity contribution < 1.29 is 0 Å². The average molecular weight is 107 g/mol.